The average Bonchev–Trinajstić information content (AvgIpc) is 1.81. The van der Waals surface area contributed by atoms with Gasteiger partial charge in [0.15, 0.2) is 0 Å². The summed E-state index contributed by atoms with van der Waals surface area (Å²) < 4.78 is 0. The van der Waals surface area contributed by atoms with E-state index < -0.39 is 0 Å². The monoisotopic (exact) mass is 126 g/mol. The molecule has 0 rings (SSSR count). The zero-order valence-electron chi connectivity index (χ0n) is 4.91. The maximum atomic E-state index is 3.87. The van der Waals surface area contributed by atoms with Gasteiger partial charge in [-0.2, -0.15) is 12.6 Å². The summed E-state index contributed by atoms with van der Waals surface area (Å²) in [5.74, 6) is 0. The Morgan fingerprint density at radius 3 is 2.12 bits per heavy atom. The van der Waals surface area contributed by atoms with Crippen LogP contribution in [0.5, 0.6) is 0 Å². The Balaban J connectivity index is 3.35. The molecule has 0 amide bonds. The molecule has 0 aliphatic heterocycles. The van der Waals surface area contributed by atoms with Crippen LogP contribution in [-0.4, -0.2) is 0 Å². The molecule has 1 heteroatoms. The molecule has 0 aromatic carbocycles. The van der Waals surface area contributed by atoms with Gasteiger partial charge in [0.25, 0.3) is 0 Å². The molecule has 0 N–H and O–H groups in total. The van der Waals surface area contributed by atoms with Crippen LogP contribution in [0.25, 0.3) is 0 Å². The topological polar surface area (TPSA) is 0 Å². The maximum Gasteiger partial charge on any atom is -0.0324 e. The first-order valence-corrected chi connectivity index (χ1v) is 3.02. The van der Waals surface area contributed by atoms with E-state index in [2.05, 4.69) is 12.6 Å². The van der Waals surface area contributed by atoms with Gasteiger partial charge in [0.2, 0.25) is 0 Å². The zero-order valence-corrected chi connectivity index (χ0v) is 5.81. The number of hydrogen-bond donors (Lipinski definition) is 1. The molecule has 0 aromatic rings. The van der Waals surface area contributed by atoms with Crippen molar-refractivity contribution < 1.29 is 0 Å². The lowest BCUT2D eigenvalue weighted by Gasteiger charge is -1.67. The highest BCUT2D eigenvalue weighted by Gasteiger charge is 1.55. The highest BCUT2D eigenvalue weighted by atomic mass is 32.1. The lowest BCUT2D eigenvalue weighted by molar-refractivity contribution is 1.73. The van der Waals surface area contributed by atoms with Gasteiger partial charge in [-0.25, -0.2) is 0 Å². The predicted molar refractivity (Wildman–Crippen MR) is 42.1 cm³/mol. The van der Waals surface area contributed by atoms with Gasteiger partial charge in [-0.15, -0.1) is 0 Å². The summed E-state index contributed by atoms with van der Waals surface area (Å²) in [6.07, 6.45) is 9.68. The van der Waals surface area contributed by atoms with Gasteiger partial charge < -0.3 is 0 Å². The molecule has 0 radical (unpaired) electrons. The first-order chi connectivity index (χ1) is 3.91. The molecule has 44 valence electrons. The van der Waals surface area contributed by atoms with E-state index in [4.69, 9.17) is 0 Å². The molecular weight excluding hydrogens is 116 g/mol. The molecule has 0 bridgehead atoms. The molecule has 0 aromatic heterocycles. The van der Waals surface area contributed by atoms with Crippen LogP contribution < -0.4 is 0 Å². The highest BCUT2D eigenvalue weighted by Crippen LogP contribution is 1.80. The Morgan fingerprint density at radius 2 is 1.62 bits per heavy atom. The normalized spacial score (nSPS) is 12.8. The van der Waals surface area contributed by atoms with Gasteiger partial charge in [0, 0.05) is 0 Å². The van der Waals surface area contributed by atoms with Gasteiger partial charge in [-0.05, 0) is 12.3 Å². The molecule has 0 aliphatic carbocycles. The fourth-order valence-corrected chi connectivity index (χ4v) is 0.388. The van der Waals surface area contributed by atoms with E-state index >= 15 is 0 Å². The summed E-state index contributed by atoms with van der Waals surface area (Å²) in [6, 6.07) is 0. The Bertz CT molecular complexity index is 95.6. The van der Waals surface area contributed by atoms with Gasteiger partial charge in [0.05, 0.1) is 0 Å². The van der Waals surface area contributed by atoms with E-state index in [9.17, 15) is 0 Å². The van der Waals surface area contributed by atoms with E-state index in [0.717, 1.165) is 0 Å². The first-order valence-electron chi connectivity index (χ1n) is 2.50. The van der Waals surface area contributed by atoms with Crippen LogP contribution in [0.1, 0.15) is 6.92 Å². The second-order valence-corrected chi connectivity index (χ2v) is 1.55. The van der Waals surface area contributed by atoms with Crippen LogP contribution in [0, 0.1) is 0 Å². The SMILES string of the molecule is C/C=C/C=C\C=C/S. The van der Waals surface area contributed by atoms with Crippen molar-refractivity contribution in [3.8, 4) is 0 Å². The molecule has 0 saturated heterocycles. The molecule has 0 unspecified atom stereocenters. The zero-order chi connectivity index (χ0) is 6.24. The van der Waals surface area contributed by atoms with Crippen molar-refractivity contribution in [2.45, 2.75) is 6.92 Å². The van der Waals surface area contributed by atoms with Crippen molar-refractivity contribution >= 4 is 12.6 Å². The van der Waals surface area contributed by atoms with E-state index in [0.29, 0.717) is 0 Å². The van der Waals surface area contributed by atoms with E-state index in [1.165, 1.54) is 0 Å². The smallest absolute Gasteiger partial charge is 0.0324 e. The molecular formula is C7H10S. The van der Waals surface area contributed by atoms with Crippen LogP contribution in [0.4, 0.5) is 0 Å². The minimum Gasteiger partial charge on any atom is -0.151 e. The van der Waals surface area contributed by atoms with Crippen LogP contribution in [0.15, 0.2) is 35.8 Å². The summed E-state index contributed by atoms with van der Waals surface area (Å²) >= 11 is 3.87. The summed E-state index contributed by atoms with van der Waals surface area (Å²) in [7, 11) is 0. The third-order valence-corrected chi connectivity index (χ3v) is 0.784. The molecule has 0 nitrogen and oxygen atoms in total. The quantitative estimate of drug-likeness (QED) is 0.426. The molecule has 8 heavy (non-hydrogen) atoms. The van der Waals surface area contributed by atoms with Gasteiger partial charge in [0.1, 0.15) is 0 Å². The summed E-state index contributed by atoms with van der Waals surface area (Å²) in [4.78, 5) is 0. The maximum absolute atomic E-state index is 3.87. The minimum absolute atomic E-state index is 1.69. The summed E-state index contributed by atoms with van der Waals surface area (Å²) in [5.41, 5.74) is 0. The van der Waals surface area contributed by atoms with E-state index in [-0.39, 0.29) is 0 Å². The van der Waals surface area contributed by atoms with E-state index in [1.807, 2.05) is 37.3 Å². The highest BCUT2D eigenvalue weighted by molar-refractivity contribution is 7.83. The number of allylic oxidation sites excluding steroid dienone is 5. The molecule has 0 fully saturated rings. The summed E-state index contributed by atoms with van der Waals surface area (Å²) in [6.45, 7) is 1.98. The van der Waals surface area contributed by atoms with Crippen LogP contribution in [0.2, 0.25) is 0 Å². The van der Waals surface area contributed by atoms with Crippen molar-refractivity contribution in [2.75, 3.05) is 0 Å². The average molecular weight is 126 g/mol. The Kier molecular flexibility index (Phi) is 6.22. The van der Waals surface area contributed by atoms with Crippen molar-refractivity contribution in [3.05, 3.63) is 35.8 Å². The minimum atomic E-state index is 1.69. The Labute approximate surface area is 56.0 Å². The third-order valence-electron chi connectivity index (χ3n) is 0.612. The molecule has 0 heterocycles. The van der Waals surface area contributed by atoms with Crippen molar-refractivity contribution in [1.82, 2.24) is 0 Å². The van der Waals surface area contributed by atoms with Crippen LogP contribution in [-0.2, 0) is 0 Å². The lowest BCUT2D eigenvalue weighted by Crippen LogP contribution is -1.44. The Hall–Kier alpha value is -0.430. The van der Waals surface area contributed by atoms with Crippen molar-refractivity contribution in [1.29, 1.82) is 0 Å². The van der Waals surface area contributed by atoms with Gasteiger partial charge in [-0.1, -0.05) is 30.4 Å². The lowest BCUT2D eigenvalue weighted by atomic mass is 10.4. The van der Waals surface area contributed by atoms with Crippen molar-refractivity contribution in [3.63, 3.8) is 0 Å². The summed E-state index contributed by atoms with van der Waals surface area (Å²) in [5, 5.41) is 1.69. The van der Waals surface area contributed by atoms with Gasteiger partial charge in [-0.3, -0.25) is 0 Å². The van der Waals surface area contributed by atoms with Crippen LogP contribution in [0.3, 0.4) is 0 Å². The van der Waals surface area contributed by atoms with Crippen LogP contribution >= 0.6 is 12.6 Å². The predicted octanol–water partition coefficient (Wildman–Crippen LogP) is 2.56. The molecule has 0 atom stereocenters. The third kappa shape index (κ3) is 5.57. The van der Waals surface area contributed by atoms with E-state index in [1.54, 1.807) is 5.41 Å². The standard InChI is InChI=1S/C7H10S/c1-2-3-4-5-6-7-8/h2-8H,1H3/b3-2+,5-4-,7-6-. The second kappa shape index (κ2) is 6.57. The molecule has 0 saturated carbocycles. The molecule has 0 spiro atoms. The fourth-order valence-electron chi connectivity index (χ4n) is 0.289. The first kappa shape index (κ1) is 7.57. The van der Waals surface area contributed by atoms with Crippen molar-refractivity contribution in [2.24, 2.45) is 0 Å². The molecule has 0 aliphatic rings. The van der Waals surface area contributed by atoms with Gasteiger partial charge >= 0.3 is 0 Å². The Morgan fingerprint density at radius 1 is 1.00 bits per heavy atom. The fraction of sp³-hybridized carbons (Fsp3) is 0.143. The number of rotatable bonds is 2. The largest absolute Gasteiger partial charge is 0.151 e. The second-order valence-electron chi connectivity index (χ2n) is 1.25. The number of thiol groups is 1. The number of hydrogen-bond acceptors (Lipinski definition) is 1.